The Bertz CT molecular complexity index is 3200. The van der Waals surface area contributed by atoms with E-state index < -0.39 is 0 Å². The van der Waals surface area contributed by atoms with Crippen molar-refractivity contribution in [3.63, 3.8) is 0 Å². The third-order valence-electron chi connectivity index (χ3n) is 11.8. The molecule has 0 radical (unpaired) electrons. The van der Waals surface area contributed by atoms with Crippen LogP contribution in [-0.4, -0.2) is 4.57 Å². The molecule has 0 saturated heterocycles. The lowest BCUT2D eigenvalue weighted by Crippen LogP contribution is -2.09. The molecule has 0 aliphatic rings. The minimum absolute atomic E-state index is 1.10. The van der Waals surface area contributed by atoms with E-state index in [4.69, 9.17) is 0 Å². The zero-order valence-electron chi connectivity index (χ0n) is 33.0. The van der Waals surface area contributed by atoms with Gasteiger partial charge in [-0.3, -0.25) is 0 Å². The second-order valence-electron chi connectivity index (χ2n) is 15.3. The Hall–Kier alpha value is -7.94. The predicted octanol–water partition coefficient (Wildman–Crippen LogP) is 16.1. The summed E-state index contributed by atoms with van der Waals surface area (Å²) in [6.45, 7) is 0. The highest BCUT2D eigenvalue weighted by Gasteiger charge is 2.16. The number of para-hydroxylation sites is 2. The minimum atomic E-state index is 1.10. The standard InChI is InChI=1S/C58H40N2/c1-3-13-41(14-4-1)42-23-31-47(32-24-42)59(49-37-29-46(30-38-49)52-40-39-51(45-15-5-2-6-16-45)53-17-7-8-18-54(52)53)48-33-25-43(26-34-48)44-27-35-50(36-28-44)60-57-21-11-9-19-55(57)56-20-10-12-22-58(56)60/h1-40H. The van der Waals surface area contributed by atoms with E-state index in [1.807, 2.05) is 0 Å². The average molecular weight is 765 g/mol. The Balaban J connectivity index is 0.942. The van der Waals surface area contributed by atoms with E-state index in [-0.39, 0.29) is 0 Å². The van der Waals surface area contributed by atoms with Gasteiger partial charge in [-0.05, 0) is 116 Å². The first-order chi connectivity index (χ1) is 29.8. The first-order valence-corrected chi connectivity index (χ1v) is 20.6. The van der Waals surface area contributed by atoms with Crippen LogP contribution in [0.25, 0.3) is 82.8 Å². The van der Waals surface area contributed by atoms with Crippen molar-refractivity contribution < 1.29 is 0 Å². The molecule has 0 spiro atoms. The van der Waals surface area contributed by atoms with Gasteiger partial charge in [0, 0.05) is 33.5 Å². The van der Waals surface area contributed by atoms with Gasteiger partial charge in [0.2, 0.25) is 0 Å². The number of fused-ring (bicyclic) bond motifs is 4. The lowest BCUT2D eigenvalue weighted by Gasteiger charge is -2.26. The fraction of sp³-hybridized carbons (Fsp3) is 0. The molecular formula is C58H40N2. The smallest absolute Gasteiger partial charge is 0.0541 e. The maximum Gasteiger partial charge on any atom is 0.0541 e. The van der Waals surface area contributed by atoms with Gasteiger partial charge in [0.25, 0.3) is 0 Å². The van der Waals surface area contributed by atoms with Crippen LogP contribution in [0.3, 0.4) is 0 Å². The predicted molar refractivity (Wildman–Crippen MR) is 255 cm³/mol. The van der Waals surface area contributed by atoms with Crippen molar-refractivity contribution in [2.24, 2.45) is 0 Å². The summed E-state index contributed by atoms with van der Waals surface area (Å²) in [4.78, 5) is 2.35. The Morgan fingerprint density at radius 3 is 1.00 bits per heavy atom. The summed E-state index contributed by atoms with van der Waals surface area (Å²) >= 11 is 0. The molecule has 0 amide bonds. The van der Waals surface area contributed by atoms with Crippen molar-refractivity contribution >= 4 is 49.6 Å². The molecule has 1 heterocycles. The quantitative estimate of drug-likeness (QED) is 0.150. The SMILES string of the molecule is c1ccc(-c2ccc(N(c3ccc(-c4ccc(-n5c6ccccc6c6ccccc65)cc4)cc3)c3ccc(-c4ccc(-c5ccccc5)c5ccccc45)cc3)cc2)cc1. The highest BCUT2D eigenvalue weighted by atomic mass is 15.1. The third kappa shape index (κ3) is 6.32. The molecule has 0 fully saturated rings. The van der Waals surface area contributed by atoms with Crippen LogP contribution in [0.5, 0.6) is 0 Å². The summed E-state index contributed by atoms with van der Waals surface area (Å²) in [5.74, 6) is 0. The summed E-state index contributed by atoms with van der Waals surface area (Å²) in [6, 6.07) is 87.7. The fourth-order valence-electron chi connectivity index (χ4n) is 8.90. The van der Waals surface area contributed by atoms with Gasteiger partial charge in [0.1, 0.15) is 0 Å². The number of hydrogen-bond donors (Lipinski definition) is 0. The molecule has 60 heavy (non-hydrogen) atoms. The van der Waals surface area contributed by atoms with Crippen molar-refractivity contribution in [2.75, 3.05) is 4.90 Å². The minimum Gasteiger partial charge on any atom is -0.311 e. The zero-order chi connectivity index (χ0) is 39.8. The van der Waals surface area contributed by atoms with Crippen LogP contribution in [0.2, 0.25) is 0 Å². The molecule has 10 aromatic carbocycles. The van der Waals surface area contributed by atoms with Crippen LogP contribution in [0.4, 0.5) is 17.1 Å². The van der Waals surface area contributed by atoms with Crippen LogP contribution < -0.4 is 4.90 Å². The Labute approximate surface area is 350 Å². The first-order valence-electron chi connectivity index (χ1n) is 20.6. The zero-order valence-corrected chi connectivity index (χ0v) is 33.0. The van der Waals surface area contributed by atoms with Crippen molar-refractivity contribution in [1.82, 2.24) is 4.57 Å². The maximum atomic E-state index is 2.37. The second kappa shape index (κ2) is 15.1. The number of nitrogens with zero attached hydrogens (tertiary/aromatic N) is 2. The van der Waals surface area contributed by atoms with Crippen molar-refractivity contribution in [3.8, 4) is 50.2 Å². The second-order valence-corrected chi connectivity index (χ2v) is 15.3. The van der Waals surface area contributed by atoms with E-state index in [2.05, 4.69) is 252 Å². The Morgan fingerprint density at radius 2 is 0.550 bits per heavy atom. The molecule has 0 aliphatic carbocycles. The molecule has 0 unspecified atom stereocenters. The highest BCUT2D eigenvalue weighted by molar-refractivity contribution is 6.09. The lowest BCUT2D eigenvalue weighted by molar-refractivity contribution is 1.18. The van der Waals surface area contributed by atoms with Gasteiger partial charge in [0.15, 0.2) is 0 Å². The lowest BCUT2D eigenvalue weighted by atomic mass is 9.92. The maximum absolute atomic E-state index is 2.37. The monoisotopic (exact) mass is 764 g/mol. The van der Waals surface area contributed by atoms with Gasteiger partial charge in [-0.1, -0.05) is 182 Å². The van der Waals surface area contributed by atoms with Crippen molar-refractivity contribution in [1.29, 1.82) is 0 Å². The number of rotatable bonds is 8. The molecule has 0 aliphatic heterocycles. The number of aromatic nitrogens is 1. The highest BCUT2D eigenvalue weighted by Crippen LogP contribution is 2.40. The van der Waals surface area contributed by atoms with E-state index in [0.29, 0.717) is 0 Å². The first kappa shape index (κ1) is 35.2. The van der Waals surface area contributed by atoms with E-state index in [0.717, 1.165) is 22.7 Å². The van der Waals surface area contributed by atoms with E-state index >= 15 is 0 Å². The van der Waals surface area contributed by atoms with Crippen LogP contribution in [-0.2, 0) is 0 Å². The number of benzene rings is 10. The average Bonchev–Trinajstić information content (AvgIpc) is 3.67. The van der Waals surface area contributed by atoms with E-state index in [1.54, 1.807) is 0 Å². The number of hydrogen-bond acceptors (Lipinski definition) is 1. The van der Waals surface area contributed by atoms with Crippen LogP contribution in [0.15, 0.2) is 243 Å². The number of anilines is 3. The molecule has 0 bridgehead atoms. The summed E-state index contributed by atoms with van der Waals surface area (Å²) in [5.41, 5.74) is 16.5. The molecule has 0 atom stereocenters. The molecule has 282 valence electrons. The van der Waals surface area contributed by atoms with E-state index in [9.17, 15) is 0 Å². The van der Waals surface area contributed by atoms with Crippen molar-refractivity contribution in [2.45, 2.75) is 0 Å². The topological polar surface area (TPSA) is 8.17 Å². The van der Waals surface area contributed by atoms with Gasteiger partial charge < -0.3 is 9.47 Å². The largest absolute Gasteiger partial charge is 0.311 e. The molecule has 11 rings (SSSR count). The van der Waals surface area contributed by atoms with Gasteiger partial charge in [-0.25, -0.2) is 0 Å². The molecule has 0 N–H and O–H groups in total. The van der Waals surface area contributed by atoms with Crippen molar-refractivity contribution in [3.05, 3.63) is 243 Å². The molecule has 2 nitrogen and oxygen atoms in total. The molecular weight excluding hydrogens is 725 g/mol. The summed E-state index contributed by atoms with van der Waals surface area (Å²) < 4.78 is 2.37. The van der Waals surface area contributed by atoms with Gasteiger partial charge in [-0.15, -0.1) is 0 Å². The van der Waals surface area contributed by atoms with Crippen LogP contribution in [0, 0.1) is 0 Å². The summed E-state index contributed by atoms with van der Waals surface area (Å²) in [5, 5.41) is 5.05. The van der Waals surface area contributed by atoms with Crippen LogP contribution >= 0.6 is 0 Å². The molecule has 0 saturated carbocycles. The fourth-order valence-corrected chi connectivity index (χ4v) is 8.90. The van der Waals surface area contributed by atoms with E-state index in [1.165, 1.54) is 77.1 Å². The molecule has 11 aromatic rings. The summed E-state index contributed by atoms with van der Waals surface area (Å²) in [6.07, 6.45) is 0. The van der Waals surface area contributed by atoms with Gasteiger partial charge >= 0.3 is 0 Å². The van der Waals surface area contributed by atoms with Gasteiger partial charge in [-0.2, -0.15) is 0 Å². The molecule has 2 heteroatoms. The van der Waals surface area contributed by atoms with Crippen LogP contribution in [0.1, 0.15) is 0 Å². The normalized spacial score (nSPS) is 11.3. The molecule has 1 aromatic heterocycles. The Morgan fingerprint density at radius 1 is 0.233 bits per heavy atom. The van der Waals surface area contributed by atoms with Gasteiger partial charge in [0.05, 0.1) is 11.0 Å². The summed E-state index contributed by atoms with van der Waals surface area (Å²) in [7, 11) is 0. The third-order valence-corrected chi connectivity index (χ3v) is 11.8. The Kier molecular flexibility index (Phi) is 8.87.